The van der Waals surface area contributed by atoms with Crippen LogP contribution in [-0.4, -0.2) is 35.5 Å². The molecule has 1 amide bonds. The standard InChI is InChI=1S/C10H15NO3/c1-2-14-10(13)6-8-4-3-7-5-9(12)11(7)8/h7-8H,2-6H2,1H3/t7-,8-/m1/s1. The highest BCUT2D eigenvalue weighted by Gasteiger charge is 2.45. The number of carbonyl (C=O) groups excluding carboxylic acids is 2. The highest BCUT2D eigenvalue weighted by molar-refractivity contribution is 5.84. The quantitative estimate of drug-likeness (QED) is 0.494. The Balaban J connectivity index is 1.87. The van der Waals surface area contributed by atoms with Crippen molar-refractivity contribution in [2.75, 3.05) is 6.61 Å². The molecule has 2 atom stereocenters. The number of amides is 1. The average Bonchev–Trinajstić information content (AvgIpc) is 2.41. The van der Waals surface area contributed by atoms with Gasteiger partial charge in [-0.25, -0.2) is 0 Å². The van der Waals surface area contributed by atoms with E-state index >= 15 is 0 Å². The molecule has 0 aliphatic carbocycles. The number of esters is 1. The first kappa shape index (κ1) is 9.49. The minimum Gasteiger partial charge on any atom is -0.466 e. The topological polar surface area (TPSA) is 46.6 Å². The maximum absolute atomic E-state index is 11.2. The first-order valence-electron chi connectivity index (χ1n) is 5.19. The molecule has 2 aliphatic heterocycles. The van der Waals surface area contributed by atoms with Crippen LogP contribution in [0.15, 0.2) is 0 Å². The van der Waals surface area contributed by atoms with Gasteiger partial charge in [0.05, 0.1) is 13.0 Å². The van der Waals surface area contributed by atoms with Gasteiger partial charge in [-0.05, 0) is 19.8 Å². The largest absolute Gasteiger partial charge is 0.466 e. The molecule has 4 nitrogen and oxygen atoms in total. The smallest absolute Gasteiger partial charge is 0.307 e. The lowest BCUT2D eigenvalue weighted by molar-refractivity contribution is -0.150. The van der Waals surface area contributed by atoms with Gasteiger partial charge in [0, 0.05) is 18.5 Å². The fourth-order valence-corrected chi connectivity index (χ4v) is 2.38. The summed E-state index contributed by atoms with van der Waals surface area (Å²) >= 11 is 0. The maximum Gasteiger partial charge on any atom is 0.307 e. The Morgan fingerprint density at radius 2 is 2.36 bits per heavy atom. The van der Waals surface area contributed by atoms with Gasteiger partial charge in [-0.1, -0.05) is 0 Å². The molecule has 78 valence electrons. The van der Waals surface area contributed by atoms with Gasteiger partial charge in [-0.15, -0.1) is 0 Å². The normalized spacial score (nSPS) is 29.8. The number of hydrogen-bond acceptors (Lipinski definition) is 3. The molecule has 2 aliphatic rings. The van der Waals surface area contributed by atoms with E-state index in [1.54, 1.807) is 6.92 Å². The minimum absolute atomic E-state index is 0.111. The van der Waals surface area contributed by atoms with Crippen LogP contribution in [0.5, 0.6) is 0 Å². The highest BCUT2D eigenvalue weighted by Crippen LogP contribution is 2.36. The van der Waals surface area contributed by atoms with E-state index in [4.69, 9.17) is 4.74 Å². The summed E-state index contributed by atoms with van der Waals surface area (Å²) in [7, 11) is 0. The van der Waals surface area contributed by atoms with Crippen molar-refractivity contribution >= 4 is 11.9 Å². The molecule has 14 heavy (non-hydrogen) atoms. The fourth-order valence-electron chi connectivity index (χ4n) is 2.38. The average molecular weight is 197 g/mol. The lowest BCUT2D eigenvalue weighted by Gasteiger charge is -2.38. The van der Waals surface area contributed by atoms with Gasteiger partial charge in [-0.2, -0.15) is 0 Å². The third kappa shape index (κ3) is 1.49. The monoisotopic (exact) mass is 197 g/mol. The number of fused-ring (bicyclic) bond motifs is 1. The van der Waals surface area contributed by atoms with Crippen molar-refractivity contribution < 1.29 is 14.3 Å². The number of hydrogen-bond donors (Lipinski definition) is 0. The molecule has 0 aromatic rings. The van der Waals surface area contributed by atoms with Crippen LogP contribution in [-0.2, 0) is 14.3 Å². The summed E-state index contributed by atoms with van der Waals surface area (Å²) in [4.78, 5) is 24.3. The summed E-state index contributed by atoms with van der Waals surface area (Å²) in [5.74, 6) is 0.0136. The molecule has 0 N–H and O–H groups in total. The van der Waals surface area contributed by atoms with Gasteiger partial charge in [0.1, 0.15) is 0 Å². The summed E-state index contributed by atoms with van der Waals surface area (Å²) in [6.45, 7) is 2.22. The molecule has 0 bridgehead atoms. The van der Waals surface area contributed by atoms with Crippen LogP contribution in [0.2, 0.25) is 0 Å². The van der Waals surface area contributed by atoms with Crippen LogP contribution < -0.4 is 0 Å². The molecule has 0 aromatic heterocycles. The lowest BCUT2D eigenvalue weighted by atomic mass is 10.0. The van der Waals surface area contributed by atoms with Crippen molar-refractivity contribution in [3.05, 3.63) is 0 Å². The first-order chi connectivity index (χ1) is 6.72. The van der Waals surface area contributed by atoms with Crippen LogP contribution in [0.4, 0.5) is 0 Å². The van der Waals surface area contributed by atoms with Crippen molar-refractivity contribution in [1.82, 2.24) is 4.90 Å². The fraction of sp³-hybridized carbons (Fsp3) is 0.800. The first-order valence-corrected chi connectivity index (χ1v) is 5.19. The molecule has 2 fully saturated rings. The Bertz CT molecular complexity index is 264. The summed E-state index contributed by atoms with van der Waals surface area (Å²) in [5, 5.41) is 0. The van der Waals surface area contributed by atoms with Gasteiger partial charge in [0.15, 0.2) is 0 Å². The van der Waals surface area contributed by atoms with E-state index in [1.807, 2.05) is 4.90 Å². The van der Waals surface area contributed by atoms with E-state index < -0.39 is 0 Å². The molecule has 0 spiro atoms. The number of nitrogens with zero attached hydrogens (tertiary/aromatic N) is 1. The van der Waals surface area contributed by atoms with E-state index in [9.17, 15) is 9.59 Å². The molecule has 0 saturated carbocycles. The molecule has 2 heterocycles. The molecule has 2 saturated heterocycles. The number of ether oxygens (including phenoxy) is 1. The van der Waals surface area contributed by atoms with Crippen LogP contribution >= 0.6 is 0 Å². The Morgan fingerprint density at radius 1 is 1.57 bits per heavy atom. The predicted molar refractivity (Wildman–Crippen MR) is 49.5 cm³/mol. The van der Waals surface area contributed by atoms with E-state index in [-0.39, 0.29) is 17.9 Å². The van der Waals surface area contributed by atoms with Crippen LogP contribution in [0.1, 0.15) is 32.6 Å². The molecule has 0 unspecified atom stereocenters. The third-order valence-corrected chi connectivity index (χ3v) is 3.03. The number of β-lactam (4-membered cyclic amide) rings is 1. The van der Waals surface area contributed by atoms with E-state index in [0.29, 0.717) is 25.5 Å². The summed E-state index contributed by atoms with van der Waals surface area (Å²) in [6, 6.07) is 0.530. The maximum atomic E-state index is 11.2. The summed E-state index contributed by atoms with van der Waals surface area (Å²) in [5.41, 5.74) is 0. The molecule has 0 radical (unpaired) electrons. The highest BCUT2D eigenvalue weighted by atomic mass is 16.5. The second kappa shape index (κ2) is 3.59. The van der Waals surface area contributed by atoms with Crippen LogP contribution in [0, 0.1) is 0 Å². The Hall–Kier alpha value is -1.06. The molecular weight excluding hydrogens is 182 g/mol. The van der Waals surface area contributed by atoms with Crippen molar-refractivity contribution in [3.8, 4) is 0 Å². The molecular formula is C10H15NO3. The zero-order valence-corrected chi connectivity index (χ0v) is 8.36. The Labute approximate surface area is 83.2 Å². The molecule has 4 heteroatoms. The van der Waals surface area contributed by atoms with Gasteiger partial charge >= 0.3 is 5.97 Å². The molecule has 2 rings (SSSR count). The zero-order chi connectivity index (χ0) is 10.1. The number of carbonyl (C=O) groups is 2. The van der Waals surface area contributed by atoms with Gasteiger partial charge < -0.3 is 9.64 Å². The van der Waals surface area contributed by atoms with Gasteiger partial charge in [-0.3, -0.25) is 9.59 Å². The van der Waals surface area contributed by atoms with E-state index in [0.717, 1.165) is 12.8 Å². The van der Waals surface area contributed by atoms with Crippen molar-refractivity contribution in [2.45, 2.75) is 44.7 Å². The SMILES string of the molecule is CCOC(=O)C[C@H]1CC[C@@H]2CC(=O)N12. The van der Waals surface area contributed by atoms with Crippen LogP contribution in [0.3, 0.4) is 0 Å². The predicted octanol–water partition coefficient (Wildman–Crippen LogP) is 0.703. The Kier molecular flexibility index (Phi) is 2.44. The summed E-state index contributed by atoms with van der Waals surface area (Å²) in [6.07, 6.45) is 3.06. The Morgan fingerprint density at radius 3 is 3.00 bits per heavy atom. The second-order valence-corrected chi connectivity index (χ2v) is 3.90. The van der Waals surface area contributed by atoms with Crippen molar-refractivity contribution in [1.29, 1.82) is 0 Å². The van der Waals surface area contributed by atoms with Gasteiger partial charge in [0.2, 0.25) is 5.91 Å². The zero-order valence-electron chi connectivity index (χ0n) is 8.36. The lowest BCUT2D eigenvalue weighted by Crippen LogP contribution is -2.52. The molecule has 0 aromatic carbocycles. The minimum atomic E-state index is -0.183. The van der Waals surface area contributed by atoms with E-state index in [1.165, 1.54) is 0 Å². The van der Waals surface area contributed by atoms with Crippen molar-refractivity contribution in [3.63, 3.8) is 0 Å². The second-order valence-electron chi connectivity index (χ2n) is 3.90. The van der Waals surface area contributed by atoms with Crippen molar-refractivity contribution in [2.24, 2.45) is 0 Å². The van der Waals surface area contributed by atoms with Gasteiger partial charge in [0.25, 0.3) is 0 Å². The van der Waals surface area contributed by atoms with E-state index in [2.05, 4.69) is 0 Å². The summed E-state index contributed by atoms with van der Waals surface area (Å²) < 4.78 is 4.87. The third-order valence-electron chi connectivity index (χ3n) is 3.03. The van der Waals surface area contributed by atoms with Crippen LogP contribution in [0.25, 0.3) is 0 Å². The number of rotatable bonds is 3.